The lowest BCUT2D eigenvalue weighted by Gasteiger charge is -2.18. The minimum Gasteiger partial charge on any atom is -0.496 e. The first kappa shape index (κ1) is 13.2. The molecule has 1 fully saturated rings. The molecule has 1 aromatic carbocycles. The summed E-state index contributed by atoms with van der Waals surface area (Å²) in [6.07, 6.45) is -0.596. The number of hydrogen-bond acceptors (Lipinski definition) is 4. The molecule has 1 aliphatic heterocycles. The fraction of sp³-hybridized carbons (Fsp3) is 0.385. The first-order valence-electron chi connectivity index (χ1n) is 5.82. The molecule has 0 bridgehead atoms. The molecule has 0 aromatic heterocycles. The molecule has 19 heavy (non-hydrogen) atoms. The molecule has 1 amide bonds. The van der Waals surface area contributed by atoms with Gasteiger partial charge in [0.1, 0.15) is 12.4 Å². The van der Waals surface area contributed by atoms with Crippen LogP contribution in [-0.4, -0.2) is 41.8 Å². The fourth-order valence-corrected chi connectivity index (χ4v) is 2.07. The third-order valence-corrected chi connectivity index (χ3v) is 3.07. The Bertz CT molecular complexity index is 514. The Hall–Kier alpha value is -2.24. The summed E-state index contributed by atoms with van der Waals surface area (Å²) in [5, 5.41) is 9.02. The van der Waals surface area contributed by atoms with E-state index in [0.717, 1.165) is 16.9 Å². The van der Waals surface area contributed by atoms with Crippen LogP contribution in [0.2, 0.25) is 0 Å². The smallest absolute Gasteiger partial charge is 0.411 e. The summed E-state index contributed by atoms with van der Waals surface area (Å²) in [5.41, 5.74) is 1.77. The van der Waals surface area contributed by atoms with E-state index in [4.69, 9.17) is 14.6 Å². The maximum atomic E-state index is 11.5. The van der Waals surface area contributed by atoms with Crippen LogP contribution in [0, 0.1) is 6.92 Å². The number of ether oxygens (including phenoxy) is 2. The molecule has 1 N–H and O–H groups in total. The van der Waals surface area contributed by atoms with Gasteiger partial charge in [0.25, 0.3) is 0 Å². The third-order valence-electron chi connectivity index (χ3n) is 3.07. The van der Waals surface area contributed by atoms with Crippen LogP contribution in [0.5, 0.6) is 5.75 Å². The lowest BCUT2D eigenvalue weighted by Crippen LogP contribution is -2.38. The van der Waals surface area contributed by atoms with E-state index >= 15 is 0 Å². The van der Waals surface area contributed by atoms with Gasteiger partial charge in [-0.15, -0.1) is 0 Å². The Morgan fingerprint density at radius 1 is 1.58 bits per heavy atom. The van der Waals surface area contributed by atoms with Crippen molar-refractivity contribution in [1.82, 2.24) is 4.90 Å². The van der Waals surface area contributed by atoms with Crippen molar-refractivity contribution in [3.8, 4) is 5.75 Å². The van der Waals surface area contributed by atoms with E-state index in [1.807, 2.05) is 13.0 Å². The number of carboxylic acids is 1. The predicted molar refractivity (Wildman–Crippen MR) is 66.0 cm³/mol. The minimum absolute atomic E-state index is 0.108. The number of cyclic esters (lactones) is 1. The van der Waals surface area contributed by atoms with E-state index in [9.17, 15) is 9.59 Å². The highest BCUT2D eigenvalue weighted by atomic mass is 16.6. The van der Waals surface area contributed by atoms with Crippen LogP contribution < -0.4 is 4.74 Å². The van der Waals surface area contributed by atoms with Gasteiger partial charge in [-0.1, -0.05) is 12.1 Å². The molecule has 102 valence electrons. The average molecular weight is 265 g/mol. The summed E-state index contributed by atoms with van der Waals surface area (Å²) in [6, 6.07) is 4.54. The summed E-state index contributed by atoms with van der Waals surface area (Å²) in [4.78, 5) is 23.8. The van der Waals surface area contributed by atoms with Crippen molar-refractivity contribution in [2.24, 2.45) is 0 Å². The maximum Gasteiger partial charge on any atom is 0.411 e. The van der Waals surface area contributed by atoms with E-state index in [0.29, 0.717) is 0 Å². The quantitative estimate of drug-likeness (QED) is 0.890. The summed E-state index contributed by atoms with van der Waals surface area (Å²) in [7, 11) is 1.58. The third kappa shape index (κ3) is 2.62. The number of carbonyl (C=O) groups is 2. The number of rotatable bonds is 4. The molecule has 1 unspecified atom stereocenters. The number of methoxy groups -OCH3 is 1. The molecule has 0 aliphatic carbocycles. The zero-order valence-electron chi connectivity index (χ0n) is 10.8. The van der Waals surface area contributed by atoms with Crippen molar-refractivity contribution < 1.29 is 24.2 Å². The SMILES string of the molecule is COc1ccc(CN2C(=O)OCC2C(=O)O)cc1C. The van der Waals surface area contributed by atoms with Crippen molar-refractivity contribution in [1.29, 1.82) is 0 Å². The average Bonchev–Trinajstić information content (AvgIpc) is 2.71. The van der Waals surface area contributed by atoms with Crippen LogP contribution in [0.1, 0.15) is 11.1 Å². The van der Waals surface area contributed by atoms with Crippen LogP contribution >= 0.6 is 0 Å². The zero-order valence-corrected chi connectivity index (χ0v) is 10.8. The second-order valence-corrected chi connectivity index (χ2v) is 4.36. The lowest BCUT2D eigenvalue weighted by molar-refractivity contribution is -0.141. The maximum absolute atomic E-state index is 11.5. The molecule has 1 aromatic rings. The van der Waals surface area contributed by atoms with E-state index < -0.39 is 18.1 Å². The number of aryl methyl sites for hydroxylation is 1. The summed E-state index contributed by atoms with van der Waals surface area (Å²) in [6.45, 7) is 1.99. The molecule has 6 heteroatoms. The van der Waals surface area contributed by atoms with Crippen LogP contribution in [0.3, 0.4) is 0 Å². The number of aliphatic carboxylic acids is 1. The monoisotopic (exact) mass is 265 g/mol. The second kappa shape index (κ2) is 5.17. The number of nitrogens with zero attached hydrogens (tertiary/aromatic N) is 1. The van der Waals surface area contributed by atoms with Gasteiger partial charge in [-0.25, -0.2) is 9.59 Å². The number of carbonyl (C=O) groups excluding carboxylic acids is 1. The Kier molecular flexibility index (Phi) is 3.59. The van der Waals surface area contributed by atoms with Crippen molar-refractivity contribution >= 4 is 12.1 Å². The van der Waals surface area contributed by atoms with Crippen LogP contribution in [0.4, 0.5) is 4.79 Å². The summed E-state index contributed by atoms with van der Waals surface area (Å²) in [5.74, 6) is -0.307. The highest BCUT2D eigenvalue weighted by molar-refractivity contribution is 5.82. The van der Waals surface area contributed by atoms with Crippen molar-refractivity contribution in [3.63, 3.8) is 0 Å². The molecular formula is C13H15NO5. The van der Waals surface area contributed by atoms with Crippen LogP contribution in [0.15, 0.2) is 18.2 Å². The highest BCUT2D eigenvalue weighted by Gasteiger charge is 2.37. The van der Waals surface area contributed by atoms with Gasteiger partial charge in [0.05, 0.1) is 13.7 Å². The lowest BCUT2D eigenvalue weighted by atomic mass is 10.1. The predicted octanol–water partition coefficient (Wildman–Crippen LogP) is 1.41. The van der Waals surface area contributed by atoms with Crippen molar-refractivity contribution in [2.75, 3.05) is 13.7 Å². The number of benzene rings is 1. The van der Waals surface area contributed by atoms with Crippen molar-refractivity contribution in [2.45, 2.75) is 19.5 Å². The molecule has 0 spiro atoms. The van der Waals surface area contributed by atoms with E-state index in [1.54, 1.807) is 19.2 Å². The van der Waals surface area contributed by atoms with Gasteiger partial charge in [-0.05, 0) is 24.1 Å². The Labute approximate surface area is 110 Å². The largest absolute Gasteiger partial charge is 0.496 e. The Balaban J connectivity index is 2.17. The first-order chi connectivity index (χ1) is 9.02. The summed E-state index contributed by atoms with van der Waals surface area (Å²) < 4.78 is 9.92. The standard InChI is InChI=1S/C13H15NO5/c1-8-5-9(3-4-11(8)18-2)6-14-10(12(15)16)7-19-13(14)17/h3-5,10H,6-7H2,1-2H3,(H,15,16). The highest BCUT2D eigenvalue weighted by Crippen LogP contribution is 2.22. The normalized spacial score (nSPS) is 18.3. The van der Waals surface area contributed by atoms with Gasteiger partial charge in [-0.3, -0.25) is 4.90 Å². The molecule has 1 atom stereocenters. The van der Waals surface area contributed by atoms with E-state index in [2.05, 4.69) is 0 Å². The molecule has 0 saturated carbocycles. The Morgan fingerprint density at radius 2 is 2.32 bits per heavy atom. The number of carboxylic acid groups (broad SMARTS) is 1. The van der Waals surface area contributed by atoms with Gasteiger partial charge >= 0.3 is 12.1 Å². The van der Waals surface area contributed by atoms with Crippen LogP contribution in [0.25, 0.3) is 0 Å². The van der Waals surface area contributed by atoms with Gasteiger partial charge in [0.15, 0.2) is 6.04 Å². The van der Waals surface area contributed by atoms with Gasteiger partial charge in [0.2, 0.25) is 0 Å². The van der Waals surface area contributed by atoms with E-state index in [-0.39, 0.29) is 13.2 Å². The Morgan fingerprint density at radius 3 is 2.89 bits per heavy atom. The molecule has 2 rings (SSSR count). The minimum atomic E-state index is -1.06. The second-order valence-electron chi connectivity index (χ2n) is 4.36. The summed E-state index contributed by atoms with van der Waals surface area (Å²) >= 11 is 0. The molecule has 0 radical (unpaired) electrons. The number of hydrogen-bond donors (Lipinski definition) is 1. The zero-order chi connectivity index (χ0) is 14.0. The van der Waals surface area contributed by atoms with Crippen molar-refractivity contribution in [3.05, 3.63) is 29.3 Å². The molecule has 1 aliphatic rings. The molecule has 1 heterocycles. The fourth-order valence-electron chi connectivity index (χ4n) is 2.07. The van der Waals surface area contributed by atoms with Gasteiger partial charge in [0, 0.05) is 0 Å². The van der Waals surface area contributed by atoms with Crippen LogP contribution in [-0.2, 0) is 16.1 Å². The van der Waals surface area contributed by atoms with Gasteiger partial charge < -0.3 is 14.6 Å². The molecule has 6 nitrogen and oxygen atoms in total. The first-order valence-corrected chi connectivity index (χ1v) is 5.82. The topological polar surface area (TPSA) is 76.1 Å². The molecule has 1 saturated heterocycles. The number of amides is 1. The van der Waals surface area contributed by atoms with E-state index in [1.165, 1.54) is 4.90 Å². The molecular weight excluding hydrogens is 250 g/mol. The van der Waals surface area contributed by atoms with Gasteiger partial charge in [-0.2, -0.15) is 0 Å².